The molecule has 2 unspecified atom stereocenters. The first-order valence-electron chi connectivity index (χ1n) is 15.5. The highest BCUT2D eigenvalue weighted by Gasteiger charge is 2.51. The number of ether oxygens (including phenoxy) is 2. The number of hydrogen-bond acceptors (Lipinski definition) is 5. The van der Waals surface area contributed by atoms with Crippen LogP contribution in [0.4, 0.5) is 4.79 Å². The van der Waals surface area contributed by atoms with Gasteiger partial charge in [-0.25, -0.2) is 4.79 Å². The summed E-state index contributed by atoms with van der Waals surface area (Å²) in [4.78, 5) is 41.7. The van der Waals surface area contributed by atoms with Crippen LogP contribution in [0.25, 0.3) is 0 Å². The van der Waals surface area contributed by atoms with Crippen LogP contribution in [0, 0.1) is 10.8 Å². The SMILES string of the molecule is CCCC(OC(=O)OC(CCC)C1(C(=O)c2ccccc2)CCCCC1)C1(C(=O)c2ccccc2)CCCCC1. The first-order valence-corrected chi connectivity index (χ1v) is 15.5. The molecule has 0 aromatic heterocycles. The average molecular weight is 547 g/mol. The van der Waals surface area contributed by atoms with E-state index >= 15 is 0 Å². The van der Waals surface area contributed by atoms with Crippen molar-refractivity contribution in [3.05, 3.63) is 71.8 Å². The molecule has 2 aliphatic carbocycles. The molecule has 2 fully saturated rings. The summed E-state index contributed by atoms with van der Waals surface area (Å²) in [5, 5.41) is 0. The van der Waals surface area contributed by atoms with Crippen molar-refractivity contribution in [2.75, 3.05) is 0 Å². The highest BCUT2D eigenvalue weighted by atomic mass is 16.7. The Morgan fingerprint density at radius 3 is 1.27 bits per heavy atom. The number of hydrogen-bond donors (Lipinski definition) is 0. The smallest absolute Gasteiger partial charge is 0.430 e. The third-order valence-corrected chi connectivity index (χ3v) is 9.28. The summed E-state index contributed by atoms with van der Waals surface area (Å²) >= 11 is 0. The molecule has 2 atom stereocenters. The first kappa shape index (κ1) is 30.0. The normalized spacial score (nSPS) is 19.6. The lowest BCUT2D eigenvalue weighted by Gasteiger charge is -2.43. The van der Waals surface area contributed by atoms with Gasteiger partial charge < -0.3 is 9.47 Å². The summed E-state index contributed by atoms with van der Waals surface area (Å²) < 4.78 is 12.4. The molecule has 2 aliphatic rings. The van der Waals surface area contributed by atoms with Gasteiger partial charge in [0.15, 0.2) is 11.6 Å². The van der Waals surface area contributed by atoms with Crippen molar-refractivity contribution in [2.45, 2.75) is 116 Å². The van der Waals surface area contributed by atoms with Crippen molar-refractivity contribution in [1.82, 2.24) is 0 Å². The second kappa shape index (κ2) is 14.1. The van der Waals surface area contributed by atoms with Crippen LogP contribution in [-0.2, 0) is 9.47 Å². The fraction of sp³-hybridized carbons (Fsp3) is 0.571. The van der Waals surface area contributed by atoms with Crippen molar-refractivity contribution in [3.63, 3.8) is 0 Å². The predicted molar refractivity (Wildman–Crippen MR) is 158 cm³/mol. The minimum atomic E-state index is -0.753. The van der Waals surface area contributed by atoms with Gasteiger partial charge in [0.25, 0.3) is 0 Å². The molecule has 40 heavy (non-hydrogen) atoms. The lowest BCUT2D eigenvalue weighted by Crippen LogP contribution is -2.49. The predicted octanol–water partition coefficient (Wildman–Crippen LogP) is 9.14. The molecule has 5 heteroatoms. The molecule has 0 radical (unpaired) electrons. The number of benzene rings is 2. The standard InChI is InChI=1S/C35H46O5/c1-3-17-29(34(23-13-7-14-24-34)31(36)27-19-9-5-10-20-27)39-33(38)40-30(18-4-2)35(25-15-8-16-26-35)32(37)28-21-11-6-12-22-28/h5-6,9-12,19-22,29-30H,3-4,7-8,13-18,23-26H2,1-2H3. The van der Waals surface area contributed by atoms with E-state index in [1.807, 2.05) is 60.7 Å². The minimum Gasteiger partial charge on any atom is -0.430 e. The zero-order valence-corrected chi connectivity index (χ0v) is 24.4. The summed E-state index contributed by atoms with van der Waals surface area (Å²) in [6.45, 7) is 4.11. The van der Waals surface area contributed by atoms with E-state index in [2.05, 4.69) is 13.8 Å². The molecule has 216 valence electrons. The van der Waals surface area contributed by atoms with E-state index in [4.69, 9.17) is 9.47 Å². The molecule has 0 heterocycles. The van der Waals surface area contributed by atoms with Gasteiger partial charge in [-0.15, -0.1) is 0 Å². The molecule has 2 saturated carbocycles. The summed E-state index contributed by atoms with van der Waals surface area (Å²) in [5.74, 6) is 0.124. The summed E-state index contributed by atoms with van der Waals surface area (Å²) in [5.41, 5.74) is -0.170. The van der Waals surface area contributed by atoms with Crippen LogP contribution in [0.1, 0.15) is 124 Å². The van der Waals surface area contributed by atoms with Gasteiger partial charge in [0.1, 0.15) is 12.2 Å². The highest BCUT2D eigenvalue weighted by molar-refractivity contribution is 6.02. The Labute approximate surface area is 240 Å². The molecular formula is C35H46O5. The molecule has 0 saturated heterocycles. The topological polar surface area (TPSA) is 69.7 Å². The molecule has 5 nitrogen and oxygen atoms in total. The molecular weight excluding hydrogens is 500 g/mol. The molecule has 0 bridgehead atoms. The van der Waals surface area contributed by atoms with Gasteiger partial charge in [0.2, 0.25) is 0 Å². The lowest BCUT2D eigenvalue weighted by atomic mass is 9.65. The fourth-order valence-electron chi connectivity index (χ4n) is 7.19. The maximum absolute atomic E-state index is 14.0. The van der Waals surface area contributed by atoms with Gasteiger partial charge in [-0.1, -0.05) is 126 Å². The Kier molecular flexibility index (Phi) is 10.6. The van der Waals surface area contributed by atoms with Crippen LogP contribution in [0.5, 0.6) is 0 Å². The molecule has 0 amide bonds. The maximum Gasteiger partial charge on any atom is 0.508 e. The number of Topliss-reactive ketones (excluding diaryl/α,β-unsaturated/α-hetero) is 2. The van der Waals surface area contributed by atoms with Crippen LogP contribution < -0.4 is 0 Å². The van der Waals surface area contributed by atoms with E-state index in [1.54, 1.807) is 0 Å². The maximum atomic E-state index is 14.0. The van der Waals surface area contributed by atoms with Crippen LogP contribution >= 0.6 is 0 Å². The van der Waals surface area contributed by atoms with E-state index < -0.39 is 29.2 Å². The first-order chi connectivity index (χ1) is 19.5. The minimum absolute atomic E-state index is 0.0622. The van der Waals surface area contributed by atoms with E-state index in [-0.39, 0.29) is 11.6 Å². The zero-order valence-electron chi connectivity index (χ0n) is 24.4. The molecule has 2 aromatic carbocycles. The third kappa shape index (κ3) is 6.50. The lowest BCUT2D eigenvalue weighted by molar-refractivity contribution is -0.0757. The number of ketones is 2. The van der Waals surface area contributed by atoms with Crippen molar-refractivity contribution in [3.8, 4) is 0 Å². The van der Waals surface area contributed by atoms with Crippen LogP contribution in [0.15, 0.2) is 60.7 Å². The van der Waals surface area contributed by atoms with Gasteiger partial charge in [-0.2, -0.15) is 0 Å². The molecule has 2 aromatic rings. The Balaban J connectivity index is 1.60. The van der Waals surface area contributed by atoms with Gasteiger partial charge in [-0.3, -0.25) is 9.59 Å². The monoisotopic (exact) mass is 546 g/mol. The van der Waals surface area contributed by atoms with Gasteiger partial charge in [0.05, 0.1) is 10.8 Å². The Hall–Kier alpha value is -2.95. The summed E-state index contributed by atoms with van der Waals surface area (Å²) in [6, 6.07) is 18.8. The van der Waals surface area contributed by atoms with E-state index in [9.17, 15) is 14.4 Å². The van der Waals surface area contributed by atoms with Gasteiger partial charge in [0, 0.05) is 11.1 Å². The van der Waals surface area contributed by atoms with Crippen LogP contribution in [-0.4, -0.2) is 29.9 Å². The number of rotatable bonds is 12. The molecule has 0 N–H and O–H groups in total. The summed E-state index contributed by atoms with van der Waals surface area (Å²) in [7, 11) is 0. The molecule has 0 spiro atoms. The average Bonchev–Trinajstić information content (AvgIpc) is 3.01. The van der Waals surface area contributed by atoms with E-state index in [0.29, 0.717) is 49.7 Å². The largest absolute Gasteiger partial charge is 0.508 e. The van der Waals surface area contributed by atoms with E-state index in [0.717, 1.165) is 51.4 Å². The number of carbonyl (C=O) groups is 3. The second-order valence-electron chi connectivity index (χ2n) is 11.9. The highest BCUT2D eigenvalue weighted by Crippen LogP contribution is 2.47. The Morgan fingerprint density at radius 1 is 0.600 bits per heavy atom. The third-order valence-electron chi connectivity index (χ3n) is 9.28. The zero-order chi connectivity index (χ0) is 28.4. The van der Waals surface area contributed by atoms with Crippen molar-refractivity contribution < 1.29 is 23.9 Å². The van der Waals surface area contributed by atoms with Crippen LogP contribution in [0.3, 0.4) is 0 Å². The molecule has 0 aliphatic heterocycles. The number of carbonyl (C=O) groups excluding carboxylic acids is 3. The Bertz CT molecular complexity index is 1010. The summed E-state index contributed by atoms with van der Waals surface area (Å²) in [6.07, 6.45) is 9.61. The second-order valence-corrected chi connectivity index (χ2v) is 11.9. The van der Waals surface area contributed by atoms with Crippen molar-refractivity contribution in [1.29, 1.82) is 0 Å². The van der Waals surface area contributed by atoms with Crippen LogP contribution in [0.2, 0.25) is 0 Å². The van der Waals surface area contributed by atoms with Gasteiger partial charge in [-0.05, 0) is 38.5 Å². The van der Waals surface area contributed by atoms with E-state index in [1.165, 1.54) is 0 Å². The Morgan fingerprint density at radius 2 is 0.950 bits per heavy atom. The van der Waals surface area contributed by atoms with Crippen molar-refractivity contribution >= 4 is 17.7 Å². The van der Waals surface area contributed by atoms with Gasteiger partial charge >= 0.3 is 6.16 Å². The molecule has 4 rings (SSSR count). The van der Waals surface area contributed by atoms with Crippen molar-refractivity contribution in [2.24, 2.45) is 10.8 Å². The fourth-order valence-corrected chi connectivity index (χ4v) is 7.19. The quantitative estimate of drug-likeness (QED) is 0.196.